The summed E-state index contributed by atoms with van der Waals surface area (Å²) in [6.45, 7) is 12.7. The van der Waals surface area contributed by atoms with Crippen molar-refractivity contribution in [1.29, 1.82) is 0 Å². The minimum Gasteiger partial charge on any atom is -0.357 e. The van der Waals surface area contributed by atoms with Crippen molar-refractivity contribution >= 4 is 5.82 Å². The quantitative estimate of drug-likeness (QED) is 0.732. The van der Waals surface area contributed by atoms with E-state index in [-0.39, 0.29) is 0 Å². The summed E-state index contributed by atoms with van der Waals surface area (Å²) in [5.41, 5.74) is 3.69. The van der Waals surface area contributed by atoms with Gasteiger partial charge in [0.25, 0.3) is 0 Å². The van der Waals surface area contributed by atoms with E-state index in [0.29, 0.717) is 0 Å². The van der Waals surface area contributed by atoms with Gasteiger partial charge in [-0.05, 0) is 45.7 Å². The molecule has 1 aromatic rings. The highest BCUT2D eigenvalue weighted by molar-refractivity contribution is 5.48. The van der Waals surface area contributed by atoms with E-state index in [2.05, 4.69) is 50.6 Å². The van der Waals surface area contributed by atoms with Gasteiger partial charge in [0.1, 0.15) is 5.82 Å². The molecule has 2 nitrogen and oxygen atoms in total. The summed E-state index contributed by atoms with van der Waals surface area (Å²) in [5.74, 6) is 1.14. The van der Waals surface area contributed by atoms with Crippen LogP contribution >= 0.6 is 0 Å². The SMILES string of the molecule is CCN(CC)c1nc(C)c(C)cc1C. The Balaban J connectivity index is 3.14. The van der Waals surface area contributed by atoms with Crippen molar-refractivity contribution < 1.29 is 0 Å². The molecule has 0 bridgehead atoms. The fraction of sp³-hybridized carbons (Fsp3) is 0.583. The maximum atomic E-state index is 4.64. The van der Waals surface area contributed by atoms with Crippen LogP contribution in [0.4, 0.5) is 5.82 Å². The highest BCUT2D eigenvalue weighted by Gasteiger charge is 2.08. The predicted molar refractivity (Wildman–Crippen MR) is 62.0 cm³/mol. The van der Waals surface area contributed by atoms with Crippen molar-refractivity contribution in [3.8, 4) is 0 Å². The summed E-state index contributed by atoms with van der Waals surface area (Å²) in [6, 6.07) is 2.22. The number of pyridine rings is 1. The molecule has 0 aliphatic rings. The number of hydrogen-bond acceptors (Lipinski definition) is 2. The molecule has 1 rings (SSSR count). The van der Waals surface area contributed by atoms with Crippen molar-refractivity contribution in [2.75, 3.05) is 18.0 Å². The van der Waals surface area contributed by atoms with E-state index in [1.807, 2.05) is 0 Å². The van der Waals surface area contributed by atoms with E-state index in [1.165, 1.54) is 11.1 Å². The zero-order valence-corrected chi connectivity index (χ0v) is 9.89. The second kappa shape index (κ2) is 4.45. The Bertz CT molecular complexity index is 314. The molecule has 78 valence electrons. The minimum atomic E-state index is 1.02. The first-order chi connectivity index (χ1) is 6.60. The highest BCUT2D eigenvalue weighted by atomic mass is 15.2. The molecule has 0 amide bonds. The molecule has 14 heavy (non-hydrogen) atoms. The molecule has 0 saturated heterocycles. The smallest absolute Gasteiger partial charge is 0.131 e. The lowest BCUT2D eigenvalue weighted by atomic mass is 10.1. The summed E-state index contributed by atoms with van der Waals surface area (Å²) in [7, 11) is 0. The molecule has 0 fully saturated rings. The molecule has 1 aromatic heterocycles. The van der Waals surface area contributed by atoms with Gasteiger partial charge in [-0.3, -0.25) is 0 Å². The third-order valence-electron chi connectivity index (χ3n) is 2.69. The lowest BCUT2D eigenvalue weighted by molar-refractivity contribution is 0.834. The Morgan fingerprint density at radius 1 is 1.07 bits per heavy atom. The third-order valence-corrected chi connectivity index (χ3v) is 2.69. The van der Waals surface area contributed by atoms with Gasteiger partial charge in [-0.1, -0.05) is 6.07 Å². The standard InChI is InChI=1S/C12H20N2/c1-6-14(7-2)12-10(4)8-9(3)11(5)13-12/h8H,6-7H2,1-5H3. The van der Waals surface area contributed by atoms with E-state index >= 15 is 0 Å². The number of aromatic nitrogens is 1. The van der Waals surface area contributed by atoms with Crippen LogP contribution in [0.2, 0.25) is 0 Å². The first kappa shape index (κ1) is 11.0. The Morgan fingerprint density at radius 2 is 1.64 bits per heavy atom. The van der Waals surface area contributed by atoms with E-state index in [0.717, 1.165) is 24.6 Å². The van der Waals surface area contributed by atoms with Crippen molar-refractivity contribution in [3.05, 3.63) is 22.9 Å². The average Bonchev–Trinajstić information content (AvgIpc) is 2.15. The monoisotopic (exact) mass is 192 g/mol. The molecule has 0 N–H and O–H groups in total. The molecular formula is C12H20N2. The van der Waals surface area contributed by atoms with Crippen molar-refractivity contribution in [2.45, 2.75) is 34.6 Å². The second-order valence-corrected chi connectivity index (χ2v) is 3.70. The van der Waals surface area contributed by atoms with Crippen LogP contribution in [0.1, 0.15) is 30.7 Å². The topological polar surface area (TPSA) is 16.1 Å². The number of aryl methyl sites for hydroxylation is 3. The van der Waals surface area contributed by atoms with Gasteiger partial charge in [-0.2, -0.15) is 0 Å². The van der Waals surface area contributed by atoms with Gasteiger partial charge in [0, 0.05) is 18.8 Å². The Morgan fingerprint density at radius 3 is 2.14 bits per heavy atom. The Hall–Kier alpha value is -1.05. The van der Waals surface area contributed by atoms with Gasteiger partial charge in [0.05, 0.1) is 0 Å². The van der Waals surface area contributed by atoms with Crippen LogP contribution in [-0.2, 0) is 0 Å². The lowest BCUT2D eigenvalue weighted by Crippen LogP contribution is -2.24. The highest BCUT2D eigenvalue weighted by Crippen LogP contribution is 2.19. The molecule has 0 saturated carbocycles. The van der Waals surface area contributed by atoms with Crippen LogP contribution in [0, 0.1) is 20.8 Å². The number of rotatable bonds is 3. The fourth-order valence-corrected chi connectivity index (χ4v) is 1.67. The van der Waals surface area contributed by atoms with Crippen molar-refractivity contribution in [3.63, 3.8) is 0 Å². The summed E-state index contributed by atoms with van der Waals surface area (Å²) in [4.78, 5) is 6.93. The Kier molecular flexibility index (Phi) is 3.50. The van der Waals surface area contributed by atoms with Crippen LogP contribution < -0.4 is 4.90 Å². The van der Waals surface area contributed by atoms with Crippen LogP contribution in [0.3, 0.4) is 0 Å². The molecule has 0 aromatic carbocycles. The number of nitrogens with zero attached hydrogens (tertiary/aromatic N) is 2. The second-order valence-electron chi connectivity index (χ2n) is 3.70. The van der Waals surface area contributed by atoms with Crippen LogP contribution in [-0.4, -0.2) is 18.1 Å². The van der Waals surface area contributed by atoms with Gasteiger partial charge in [-0.25, -0.2) is 4.98 Å². The molecule has 2 heteroatoms. The maximum Gasteiger partial charge on any atom is 0.131 e. The van der Waals surface area contributed by atoms with E-state index in [4.69, 9.17) is 0 Å². The molecule has 0 aliphatic heterocycles. The van der Waals surface area contributed by atoms with Crippen molar-refractivity contribution in [2.24, 2.45) is 0 Å². The molecule has 0 aliphatic carbocycles. The first-order valence-electron chi connectivity index (χ1n) is 5.29. The summed E-state index contributed by atoms with van der Waals surface area (Å²) in [6.07, 6.45) is 0. The molecule has 0 spiro atoms. The largest absolute Gasteiger partial charge is 0.357 e. The van der Waals surface area contributed by atoms with Gasteiger partial charge >= 0.3 is 0 Å². The zero-order valence-electron chi connectivity index (χ0n) is 9.89. The van der Waals surface area contributed by atoms with Gasteiger partial charge in [-0.15, -0.1) is 0 Å². The lowest BCUT2D eigenvalue weighted by Gasteiger charge is -2.22. The minimum absolute atomic E-state index is 1.02. The zero-order chi connectivity index (χ0) is 10.7. The van der Waals surface area contributed by atoms with Gasteiger partial charge in [0.15, 0.2) is 0 Å². The van der Waals surface area contributed by atoms with E-state index in [9.17, 15) is 0 Å². The summed E-state index contributed by atoms with van der Waals surface area (Å²) in [5, 5.41) is 0. The van der Waals surface area contributed by atoms with Crippen LogP contribution in [0.5, 0.6) is 0 Å². The van der Waals surface area contributed by atoms with E-state index < -0.39 is 0 Å². The van der Waals surface area contributed by atoms with Gasteiger partial charge in [0.2, 0.25) is 0 Å². The molecule has 0 atom stereocenters. The van der Waals surface area contributed by atoms with Crippen molar-refractivity contribution in [1.82, 2.24) is 4.98 Å². The summed E-state index contributed by atoms with van der Waals surface area (Å²) < 4.78 is 0. The molecular weight excluding hydrogens is 172 g/mol. The average molecular weight is 192 g/mol. The van der Waals surface area contributed by atoms with E-state index in [1.54, 1.807) is 0 Å². The maximum absolute atomic E-state index is 4.64. The van der Waals surface area contributed by atoms with Gasteiger partial charge < -0.3 is 4.90 Å². The Labute approximate surface area is 87.0 Å². The predicted octanol–water partition coefficient (Wildman–Crippen LogP) is 2.85. The molecule has 0 radical (unpaired) electrons. The number of anilines is 1. The van der Waals surface area contributed by atoms with Crippen LogP contribution in [0.25, 0.3) is 0 Å². The third kappa shape index (κ3) is 2.06. The normalized spacial score (nSPS) is 10.4. The first-order valence-corrected chi connectivity index (χ1v) is 5.29. The fourth-order valence-electron chi connectivity index (χ4n) is 1.67. The summed E-state index contributed by atoms with van der Waals surface area (Å²) >= 11 is 0. The molecule has 1 heterocycles. The van der Waals surface area contributed by atoms with Crippen LogP contribution in [0.15, 0.2) is 6.07 Å². The number of hydrogen-bond donors (Lipinski definition) is 0. The molecule has 0 unspecified atom stereocenters.